The normalized spacial score (nSPS) is 24.8. The Balaban J connectivity index is 1.85. The topological polar surface area (TPSA) is 37.8 Å². The Hall–Kier alpha value is -0.550. The van der Waals surface area contributed by atoms with Crippen LogP contribution in [0.2, 0.25) is 0 Å². The molecule has 3 nitrogen and oxygen atoms in total. The molecule has 14 heavy (non-hydrogen) atoms. The van der Waals surface area contributed by atoms with Gasteiger partial charge in [0.1, 0.15) is 6.17 Å². The molecule has 0 bridgehead atoms. The van der Waals surface area contributed by atoms with Crippen molar-refractivity contribution in [3.63, 3.8) is 0 Å². The van der Waals surface area contributed by atoms with Gasteiger partial charge in [-0.2, -0.15) is 0 Å². The highest BCUT2D eigenvalue weighted by Gasteiger charge is 2.23. The summed E-state index contributed by atoms with van der Waals surface area (Å²) in [5, 5.41) is 8.90. The van der Waals surface area contributed by atoms with Crippen molar-refractivity contribution in [1.82, 2.24) is 14.9 Å². The van der Waals surface area contributed by atoms with Gasteiger partial charge >= 0.3 is 0 Å². The molecule has 1 aliphatic heterocycles. The Bertz CT molecular complexity index is 259. The fourth-order valence-electron chi connectivity index (χ4n) is 1.83. The van der Waals surface area contributed by atoms with Gasteiger partial charge in [-0.15, -0.1) is 5.10 Å². The monoisotopic (exact) mass is 215 g/mol. The molecule has 2 unspecified atom stereocenters. The van der Waals surface area contributed by atoms with E-state index in [2.05, 4.69) is 14.9 Å². The highest BCUT2D eigenvalue weighted by atomic mass is 32.1. The first-order valence-electron chi connectivity index (χ1n) is 4.97. The summed E-state index contributed by atoms with van der Waals surface area (Å²) in [6.07, 6.45) is 1.72. The zero-order valence-electron chi connectivity index (χ0n) is 7.95. The number of piperidine rings is 1. The molecule has 5 heteroatoms. The minimum absolute atomic E-state index is 0.158. The van der Waals surface area contributed by atoms with Gasteiger partial charge in [0.05, 0.1) is 5.69 Å². The number of rotatable bonds is 3. The third-order valence-electron chi connectivity index (χ3n) is 2.66. The van der Waals surface area contributed by atoms with Crippen LogP contribution in [0.25, 0.3) is 0 Å². The van der Waals surface area contributed by atoms with Gasteiger partial charge < -0.3 is 5.32 Å². The lowest BCUT2D eigenvalue weighted by Gasteiger charge is -2.25. The van der Waals surface area contributed by atoms with Crippen molar-refractivity contribution in [1.29, 1.82) is 0 Å². The lowest BCUT2D eigenvalue weighted by molar-refractivity contribution is 0.190. The van der Waals surface area contributed by atoms with Gasteiger partial charge in [-0.05, 0) is 30.9 Å². The molecule has 0 radical (unpaired) electrons. The van der Waals surface area contributed by atoms with Gasteiger partial charge in [0.2, 0.25) is 0 Å². The maximum Gasteiger partial charge on any atom is 0.110 e. The van der Waals surface area contributed by atoms with E-state index in [-0.39, 0.29) is 5.92 Å². The van der Waals surface area contributed by atoms with E-state index < -0.39 is 6.17 Å². The molecular formula is C9H14FN3S. The van der Waals surface area contributed by atoms with Crippen LogP contribution in [0.5, 0.6) is 0 Å². The quantitative estimate of drug-likeness (QED) is 0.828. The fraction of sp³-hybridized carbons (Fsp3) is 0.778. The molecule has 0 aromatic carbocycles. The first kappa shape index (κ1) is 9.98. The molecule has 78 valence electrons. The zero-order valence-corrected chi connectivity index (χ0v) is 8.76. The Morgan fingerprint density at radius 3 is 3.29 bits per heavy atom. The molecule has 0 amide bonds. The number of nitrogens with one attached hydrogen (secondary N) is 1. The Morgan fingerprint density at radius 1 is 1.71 bits per heavy atom. The summed E-state index contributed by atoms with van der Waals surface area (Å²) in [6, 6.07) is 0. The van der Waals surface area contributed by atoms with Crippen molar-refractivity contribution >= 4 is 11.5 Å². The lowest BCUT2D eigenvalue weighted by Crippen LogP contribution is -2.35. The van der Waals surface area contributed by atoms with Gasteiger partial charge in [0.25, 0.3) is 0 Å². The van der Waals surface area contributed by atoms with E-state index in [1.165, 1.54) is 11.5 Å². The lowest BCUT2D eigenvalue weighted by atomic mass is 9.92. The summed E-state index contributed by atoms with van der Waals surface area (Å²) in [6.45, 7) is 1.83. The molecule has 1 aromatic heterocycles. The second-order valence-electron chi connectivity index (χ2n) is 3.72. The van der Waals surface area contributed by atoms with Crippen LogP contribution in [0.4, 0.5) is 4.39 Å². The smallest absolute Gasteiger partial charge is 0.110 e. The molecule has 1 fully saturated rings. The van der Waals surface area contributed by atoms with Crippen molar-refractivity contribution < 1.29 is 4.39 Å². The second-order valence-corrected chi connectivity index (χ2v) is 4.33. The molecule has 1 aliphatic rings. The van der Waals surface area contributed by atoms with E-state index in [0.717, 1.165) is 31.6 Å². The summed E-state index contributed by atoms with van der Waals surface area (Å²) in [5.41, 5.74) is 0.785. The average Bonchev–Trinajstić information content (AvgIpc) is 2.72. The SMILES string of the molecule is FC(Cc1csnn1)C1CCCNC1. The number of alkyl halides is 1. The van der Waals surface area contributed by atoms with Crippen molar-refractivity contribution in [3.05, 3.63) is 11.1 Å². The van der Waals surface area contributed by atoms with Crippen LogP contribution < -0.4 is 5.32 Å². The highest BCUT2D eigenvalue weighted by molar-refractivity contribution is 7.03. The number of nitrogens with zero attached hydrogens (tertiary/aromatic N) is 2. The molecule has 1 N–H and O–H groups in total. The first-order valence-corrected chi connectivity index (χ1v) is 5.80. The van der Waals surface area contributed by atoms with E-state index in [9.17, 15) is 4.39 Å². The van der Waals surface area contributed by atoms with Crippen LogP contribution in [0.15, 0.2) is 5.38 Å². The van der Waals surface area contributed by atoms with Gasteiger partial charge in [-0.1, -0.05) is 4.49 Å². The summed E-state index contributed by atoms with van der Waals surface area (Å²) in [4.78, 5) is 0. The minimum Gasteiger partial charge on any atom is -0.316 e. The third kappa shape index (κ3) is 2.48. The first-order chi connectivity index (χ1) is 6.86. The van der Waals surface area contributed by atoms with Crippen LogP contribution in [-0.2, 0) is 6.42 Å². The van der Waals surface area contributed by atoms with E-state index >= 15 is 0 Å². The molecule has 2 atom stereocenters. The standard InChI is InChI=1S/C9H14FN3S/c10-9(4-8-6-14-13-12-8)7-2-1-3-11-5-7/h6-7,9,11H,1-5H2. The van der Waals surface area contributed by atoms with Crippen LogP contribution in [0, 0.1) is 5.92 Å². The van der Waals surface area contributed by atoms with Crippen molar-refractivity contribution in [2.45, 2.75) is 25.4 Å². The second kappa shape index (κ2) is 4.79. The maximum atomic E-state index is 13.7. The molecule has 1 saturated heterocycles. The Labute approximate surface area is 86.9 Å². The number of hydrogen-bond donors (Lipinski definition) is 1. The molecule has 2 heterocycles. The van der Waals surface area contributed by atoms with Crippen molar-refractivity contribution in [2.75, 3.05) is 13.1 Å². The molecule has 0 aliphatic carbocycles. The predicted octanol–water partition coefficient (Wildman–Crippen LogP) is 1.42. The van der Waals surface area contributed by atoms with Gasteiger partial charge in [0, 0.05) is 24.3 Å². The summed E-state index contributed by atoms with van der Waals surface area (Å²) >= 11 is 1.28. The van der Waals surface area contributed by atoms with Crippen LogP contribution in [0.1, 0.15) is 18.5 Å². The van der Waals surface area contributed by atoms with Crippen molar-refractivity contribution in [2.24, 2.45) is 5.92 Å². The molecular weight excluding hydrogens is 201 g/mol. The molecule has 0 saturated carbocycles. The van der Waals surface area contributed by atoms with E-state index in [1.807, 2.05) is 5.38 Å². The van der Waals surface area contributed by atoms with Crippen molar-refractivity contribution in [3.8, 4) is 0 Å². The Morgan fingerprint density at radius 2 is 2.64 bits per heavy atom. The van der Waals surface area contributed by atoms with Crippen LogP contribution in [0.3, 0.4) is 0 Å². The average molecular weight is 215 g/mol. The maximum absolute atomic E-state index is 13.7. The van der Waals surface area contributed by atoms with Gasteiger partial charge in [0.15, 0.2) is 0 Å². The largest absolute Gasteiger partial charge is 0.316 e. The molecule has 2 rings (SSSR count). The van der Waals surface area contributed by atoms with E-state index in [4.69, 9.17) is 0 Å². The van der Waals surface area contributed by atoms with Gasteiger partial charge in [-0.3, -0.25) is 0 Å². The number of hydrogen-bond acceptors (Lipinski definition) is 4. The highest BCUT2D eigenvalue weighted by Crippen LogP contribution is 2.20. The minimum atomic E-state index is -0.772. The third-order valence-corrected chi connectivity index (χ3v) is 3.21. The Kier molecular flexibility index (Phi) is 3.42. The summed E-state index contributed by atoms with van der Waals surface area (Å²) in [7, 11) is 0. The van der Waals surface area contributed by atoms with Crippen LogP contribution in [-0.4, -0.2) is 28.8 Å². The van der Waals surface area contributed by atoms with Crippen LogP contribution >= 0.6 is 11.5 Å². The zero-order chi connectivity index (χ0) is 9.80. The molecule has 1 aromatic rings. The fourth-order valence-corrected chi connectivity index (χ4v) is 2.29. The van der Waals surface area contributed by atoms with E-state index in [0.29, 0.717) is 6.42 Å². The van der Waals surface area contributed by atoms with E-state index in [1.54, 1.807) is 0 Å². The molecule has 0 spiro atoms. The summed E-state index contributed by atoms with van der Waals surface area (Å²) < 4.78 is 17.5. The predicted molar refractivity (Wildman–Crippen MR) is 54.1 cm³/mol. The number of aromatic nitrogens is 2. The summed E-state index contributed by atoms with van der Waals surface area (Å²) in [5.74, 6) is 0.158. The number of halogens is 1. The van der Waals surface area contributed by atoms with Gasteiger partial charge in [-0.25, -0.2) is 4.39 Å².